The fourth-order valence-electron chi connectivity index (χ4n) is 3.99. The fourth-order valence-corrected chi connectivity index (χ4v) is 3.99. The normalized spacial score (nSPS) is 20.3. The Hall–Kier alpha value is -0.830. The summed E-state index contributed by atoms with van der Waals surface area (Å²) in [4.78, 5) is 4.36. The van der Waals surface area contributed by atoms with Crippen molar-refractivity contribution in [3.05, 3.63) is 17.0 Å². The number of methoxy groups -OCH3 is 1. The van der Waals surface area contributed by atoms with Gasteiger partial charge in [0.05, 0.1) is 18.8 Å². The SMILES string of the molecule is CN=C(NCCC1CCCC(C)C1)NCc1c(C)nn(CCOC)c1C.I. The van der Waals surface area contributed by atoms with Crippen LogP contribution < -0.4 is 10.6 Å². The summed E-state index contributed by atoms with van der Waals surface area (Å²) < 4.78 is 7.18. The van der Waals surface area contributed by atoms with E-state index in [1.807, 2.05) is 11.7 Å². The second kappa shape index (κ2) is 12.6. The number of hydrogen-bond acceptors (Lipinski definition) is 3. The lowest BCUT2D eigenvalue weighted by atomic mass is 9.81. The number of guanidine groups is 1. The fraction of sp³-hybridized carbons (Fsp3) is 0.800. The topological polar surface area (TPSA) is 63.5 Å². The van der Waals surface area contributed by atoms with Crippen LogP contribution in [0.5, 0.6) is 0 Å². The van der Waals surface area contributed by atoms with Gasteiger partial charge < -0.3 is 15.4 Å². The number of aromatic nitrogens is 2. The third kappa shape index (κ3) is 7.60. The number of nitrogens with one attached hydrogen (secondary N) is 2. The quantitative estimate of drug-likeness (QED) is 0.331. The zero-order chi connectivity index (χ0) is 18.9. The molecule has 2 N–H and O–H groups in total. The van der Waals surface area contributed by atoms with Crippen LogP contribution in [-0.2, 0) is 17.8 Å². The molecule has 0 amide bonds. The van der Waals surface area contributed by atoms with Crippen molar-refractivity contribution in [3.63, 3.8) is 0 Å². The molecule has 1 fully saturated rings. The predicted molar refractivity (Wildman–Crippen MR) is 123 cm³/mol. The standard InChI is InChI=1S/C20H37N5O.HI/c1-15-7-6-8-18(13-15)9-10-22-20(21-4)23-14-19-16(2)24-25(17(19)3)11-12-26-5;/h15,18H,6-14H2,1-5H3,(H2,21,22,23);1H. The Labute approximate surface area is 181 Å². The van der Waals surface area contributed by atoms with Gasteiger partial charge in [0.25, 0.3) is 0 Å². The number of ether oxygens (including phenoxy) is 1. The van der Waals surface area contributed by atoms with E-state index in [0.717, 1.165) is 43.1 Å². The molecule has 0 bridgehead atoms. The molecule has 27 heavy (non-hydrogen) atoms. The minimum atomic E-state index is 0. The largest absolute Gasteiger partial charge is 0.383 e. The van der Waals surface area contributed by atoms with E-state index in [0.29, 0.717) is 6.61 Å². The van der Waals surface area contributed by atoms with Gasteiger partial charge >= 0.3 is 0 Å². The smallest absolute Gasteiger partial charge is 0.191 e. The van der Waals surface area contributed by atoms with Gasteiger partial charge in [-0.25, -0.2) is 0 Å². The predicted octanol–water partition coefficient (Wildman–Crippen LogP) is 3.65. The van der Waals surface area contributed by atoms with Gasteiger partial charge in [0.15, 0.2) is 5.96 Å². The number of halogens is 1. The molecule has 2 unspecified atom stereocenters. The first-order valence-corrected chi connectivity index (χ1v) is 10.0. The van der Waals surface area contributed by atoms with E-state index in [1.54, 1.807) is 7.11 Å². The number of aryl methyl sites for hydroxylation is 1. The van der Waals surface area contributed by atoms with Crippen LogP contribution in [0.2, 0.25) is 0 Å². The van der Waals surface area contributed by atoms with Crippen LogP contribution >= 0.6 is 24.0 Å². The maximum absolute atomic E-state index is 5.16. The maximum atomic E-state index is 5.16. The molecule has 6 nitrogen and oxygen atoms in total. The van der Waals surface area contributed by atoms with Crippen molar-refractivity contribution in [2.24, 2.45) is 16.8 Å². The molecule has 0 saturated heterocycles. The van der Waals surface area contributed by atoms with Crippen LogP contribution in [0.15, 0.2) is 4.99 Å². The summed E-state index contributed by atoms with van der Waals surface area (Å²) in [6.07, 6.45) is 6.80. The Morgan fingerprint density at radius 2 is 2.07 bits per heavy atom. The molecule has 1 aromatic heterocycles. The highest BCUT2D eigenvalue weighted by molar-refractivity contribution is 14.0. The lowest BCUT2D eigenvalue weighted by molar-refractivity contribution is 0.182. The Morgan fingerprint density at radius 1 is 1.30 bits per heavy atom. The molecule has 156 valence electrons. The molecule has 2 rings (SSSR count). The average molecular weight is 491 g/mol. The molecule has 1 aromatic rings. The van der Waals surface area contributed by atoms with Crippen LogP contribution in [0.25, 0.3) is 0 Å². The van der Waals surface area contributed by atoms with Gasteiger partial charge in [-0.15, -0.1) is 24.0 Å². The van der Waals surface area contributed by atoms with Gasteiger partial charge in [-0.1, -0.05) is 26.2 Å². The van der Waals surface area contributed by atoms with Crippen molar-refractivity contribution < 1.29 is 4.74 Å². The van der Waals surface area contributed by atoms with Crippen molar-refractivity contribution in [2.75, 3.05) is 27.3 Å². The van der Waals surface area contributed by atoms with Crippen LogP contribution in [0.1, 0.15) is 56.0 Å². The summed E-state index contributed by atoms with van der Waals surface area (Å²) >= 11 is 0. The maximum Gasteiger partial charge on any atom is 0.191 e. The van der Waals surface area contributed by atoms with E-state index in [2.05, 4.69) is 41.5 Å². The van der Waals surface area contributed by atoms with Gasteiger partial charge in [0.1, 0.15) is 0 Å². The minimum absolute atomic E-state index is 0. The second-order valence-corrected chi connectivity index (χ2v) is 7.64. The Morgan fingerprint density at radius 3 is 2.74 bits per heavy atom. The van der Waals surface area contributed by atoms with Gasteiger partial charge in [0.2, 0.25) is 0 Å². The van der Waals surface area contributed by atoms with Crippen molar-refractivity contribution in [1.29, 1.82) is 0 Å². The van der Waals surface area contributed by atoms with E-state index in [1.165, 1.54) is 43.4 Å². The van der Waals surface area contributed by atoms with Crippen molar-refractivity contribution in [2.45, 2.75) is 66.0 Å². The van der Waals surface area contributed by atoms with Gasteiger partial charge in [-0.05, 0) is 38.5 Å². The molecule has 0 aromatic carbocycles. The Bertz CT molecular complexity index is 587. The summed E-state index contributed by atoms with van der Waals surface area (Å²) in [5, 5.41) is 11.5. The number of nitrogens with zero attached hydrogens (tertiary/aromatic N) is 3. The molecule has 1 saturated carbocycles. The van der Waals surface area contributed by atoms with E-state index >= 15 is 0 Å². The molecular formula is C20H38IN5O. The molecule has 0 radical (unpaired) electrons. The van der Waals surface area contributed by atoms with E-state index in [-0.39, 0.29) is 24.0 Å². The zero-order valence-electron chi connectivity index (χ0n) is 17.7. The molecule has 1 aliphatic carbocycles. The highest BCUT2D eigenvalue weighted by Crippen LogP contribution is 2.30. The summed E-state index contributed by atoms with van der Waals surface area (Å²) in [7, 11) is 3.55. The highest BCUT2D eigenvalue weighted by Gasteiger charge is 2.18. The number of hydrogen-bond donors (Lipinski definition) is 2. The van der Waals surface area contributed by atoms with Crippen LogP contribution in [0.4, 0.5) is 0 Å². The van der Waals surface area contributed by atoms with Crippen molar-refractivity contribution >= 4 is 29.9 Å². The molecule has 0 aliphatic heterocycles. The lowest BCUT2D eigenvalue weighted by Gasteiger charge is -2.26. The summed E-state index contributed by atoms with van der Waals surface area (Å²) in [6.45, 7) is 9.76. The monoisotopic (exact) mass is 491 g/mol. The van der Waals surface area contributed by atoms with Crippen LogP contribution in [-0.4, -0.2) is 43.0 Å². The lowest BCUT2D eigenvalue weighted by Crippen LogP contribution is -2.38. The first kappa shape index (κ1) is 24.2. The minimum Gasteiger partial charge on any atom is -0.383 e. The average Bonchev–Trinajstić information content (AvgIpc) is 2.89. The van der Waals surface area contributed by atoms with Crippen molar-refractivity contribution in [1.82, 2.24) is 20.4 Å². The molecule has 0 spiro atoms. The van der Waals surface area contributed by atoms with Gasteiger partial charge in [-0.2, -0.15) is 5.10 Å². The van der Waals surface area contributed by atoms with Crippen LogP contribution in [0, 0.1) is 25.7 Å². The Kier molecular flexibility index (Phi) is 11.3. The highest BCUT2D eigenvalue weighted by atomic mass is 127. The zero-order valence-corrected chi connectivity index (χ0v) is 20.0. The number of aliphatic imine (C=N–C) groups is 1. The summed E-state index contributed by atoms with van der Waals surface area (Å²) in [6, 6.07) is 0. The molecular weight excluding hydrogens is 453 g/mol. The van der Waals surface area contributed by atoms with E-state index < -0.39 is 0 Å². The number of rotatable bonds is 8. The van der Waals surface area contributed by atoms with Gasteiger partial charge in [0, 0.05) is 38.5 Å². The third-order valence-corrected chi connectivity index (χ3v) is 5.58. The molecule has 1 heterocycles. The molecule has 2 atom stereocenters. The van der Waals surface area contributed by atoms with Gasteiger partial charge in [-0.3, -0.25) is 9.67 Å². The van der Waals surface area contributed by atoms with Crippen molar-refractivity contribution in [3.8, 4) is 0 Å². The second-order valence-electron chi connectivity index (χ2n) is 7.64. The van der Waals surface area contributed by atoms with E-state index in [9.17, 15) is 0 Å². The first-order valence-electron chi connectivity index (χ1n) is 10.0. The summed E-state index contributed by atoms with van der Waals surface area (Å²) in [5.41, 5.74) is 3.50. The summed E-state index contributed by atoms with van der Waals surface area (Å²) in [5.74, 6) is 2.64. The van der Waals surface area contributed by atoms with E-state index in [4.69, 9.17) is 4.74 Å². The third-order valence-electron chi connectivity index (χ3n) is 5.58. The Balaban J connectivity index is 0.00000364. The first-order chi connectivity index (χ1) is 12.5. The molecule has 7 heteroatoms. The van der Waals surface area contributed by atoms with Crippen LogP contribution in [0.3, 0.4) is 0 Å². The molecule has 1 aliphatic rings.